The average molecular weight is 388 g/mol. The fourth-order valence-electron chi connectivity index (χ4n) is 3.97. The van der Waals surface area contributed by atoms with Crippen LogP contribution in [-0.4, -0.2) is 86.0 Å². The first-order valence-corrected chi connectivity index (χ1v) is 10.2. The fraction of sp³-hybridized carbons (Fsp3) is 0.619. The Bertz CT molecular complexity index is 679. The smallest absolute Gasteiger partial charge is 0.239 e. The minimum absolute atomic E-state index is 0.0352. The summed E-state index contributed by atoms with van der Waals surface area (Å²) in [5, 5.41) is 3.45. The molecule has 0 bridgehead atoms. The summed E-state index contributed by atoms with van der Waals surface area (Å²) in [6.45, 7) is 8.08. The lowest BCUT2D eigenvalue weighted by Gasteiger charge is -2.39. The van der Waals surface area contributed by atoms with Crippen molar-refractivity contribution in [2.24, 2.45) is 4.99 Å². The molecule has 2 fully saturated rings. The molecule has 0 aromatic heterocycles. The van der Waals surface area contributed by atoms with Gasteiger partial charge in [-0.15, -0.1) is 0 Å². The first kappa shape index (κ1) is 20.5. The predicted octanol–water partition coefficient (Wildman–Crippen LogP) is 1.40. The molecule has 2 heterocycles. The molecule has 154 valence electrons. The van der Waals surface area contributed by atoms with Crippen molar-refractivity contribution in [2.75, 3.05) is 53.4 Å². The Balaban J connectivity index is 1.49. The second-order valence-corrected chi connectivity index (χ2v) is 7.48. The summed E-state index contributed by atoms with van der Waals surface area (Å²) in [6.07, 6.45) is 2.28. The molecule has 1 N–H and O–H groups in total. The molecule has 1 atom stereocenters. The first-order chi connectivity index (χ1) is 13.6. The van der Waals surface area contributed by atoms with Crippen LogP contribution in [0.5, 0.6) is 5.75 Å². The molecule has 0 spiro atoms. The number of ether oxygens (including phenoxy) is 1. The Morgan fingerprint density at radius 3 is 2.50 bits per heavy atom. The zero-order chi connectivity index (χ0) is 19.9. The summed E-state index contributed by atoms with van der Waals surface area (Å²) in [6, 6.07) is 8.01. The number of nitrogens with one attached hydrogen (secondary N) is 1. The summed E-state index contributed by atoms with van der Waals surface area (Å²) >= 11 is 0. The van der Waals surface area contributed by atoms with Crippen LogP contribution in [0.25, 0.3) is 0 Å². The summed E-state index contributed by atoms with van der Waals surface area (Å²) in [4.78, 5) is 23.7. The topological polar surface area (TPSA) is 60.4 Å². The van der Waals surface area contributed by atoms with Gasteiger partial charge in [-0.1, -0.05) is 12.1 Å². The molecule has 1 amide bonds. The number of carbonyl (C=O) groups excluding carboxylic acids is 1. The number of likely N-dealkylation sites (tertiary alicyclic amines) is 1. The molecular formula is C21H33N5O2. The van der Waals surface area contributed by atoms with Crippen LogP contribution in [0.2, 0.25) is 0 Å². The Kier molecular flexibility index (Phi) is 7.14. The van der Waals surface area contributed by atoms with E-state index in [9.17, 15) is 4.79 Å². The van der Waals surface area contributed by atoms with Gasteiger partial charge in [-0.05, 0) is 37.5 Å². The molecule has 2 aliphatic heterocycles. The van der Waals surface area contributed by atoms with E-state index in [1.165, 1.54) is 0 Å². The summed E-state index contributed by atoms with van der Waals surface area (Å²) < 4.78 is 5.29. The van der Waals surface area contributed by atoms with Gasteiger partial charge in [0.05, 0.1) is 13.2 Å². The Morgan fingerprint density at radius 1 is 1.14 bits per heavy atom. The SMILES string of the molecule is CN=C(NCc1cccc(OC)c1)N1CCN(C(C)C(=O)N2CCCC2)CC1. The van der Waals surface area contributed by atoms with Crippen molar-refractivity contribution in [1.29, 1.82) is 0 Å². The number of nitrogens with zero attached hydrogens (tertiary/aromatic N) is 4. The van der Waals surface area contributed by atoms with Crippen molar-refractivity contribution in [3.8, 4) is 5.75 Å². The molecule has 1 unspecified atom stereocenters. The highest BCUT2D eigenvalue weighted by Gasteiger charge is 2.30. The van der Waals surface area contributed by atoms with E-state index in [0.717, 1.165) is 69.4 Å². The second kappa shape index (κ2) is 9.78. The van der Waals surface area contributed by atoms with Gasteiger partial charge in [0.25, 0.3) is 0 Å². The van der Waals surface area contributed by atoms with Crippen LogP contribution < -0.4 is 10.1 Å². The van der Waals surface area contributed by atoms with Crippen LogP contribution in [0.1, 0.15) is 25.3 Å². The van der Waals surface area contributed by atoms with Crippen molar-refractivity contribution in [3.05, 3.63) is 29.8 Å². The van der Waals surface area contributed by atoms with Crippen LogP contribution in [0.4, 0.5) is 0 Å². The Morgan fingerprint density at radius 2 is 1.86 bits per heavy atom. The third-order valence-corrected chi connectivity index (χ3v) is 5.73. The molecule has 2 saturated heterocycles. The minimum Gasteiger partial charge on any atom is -0.497 e. The number of piperazine rings is 1. The van der Waals surface area contributed by atoms with Gasteiger partial charge in [0.1, 0.15) is 5.75 Å². The Labute approximate surface area is 168 Å². The number of benzene rings is 1. The predicted molar refractivity (Wildman–Crippen MR) is 112 cm³/mol. The summed E-state index contributed by atoms with van der Waals surface area (Å²) in [7, 11) is 3.50. The standard InChI is InChI=1S/C21H33N5O2/c1-17(20(27)25-9-4-5-10-25)24-11-13-26(14-12-24)21(22-2)23-16-18-7-6-8-19(15-18)28-3/h6-8,15,17H,4-5,9-14,16H2,1-3H3,(H,22,23). The van der Waals surface area contributed by atoms with Gasteiger partial charge in [0.15, 0.2) is 5.96 Å². The maximum atomic E-state index is 12.7. The number of methoxy groups -OCH3 is 1. The van der Waals surface area contributed by atoms with E-state index in [1.54, 1.807) is 7.11 Å². The zero-order valence-electron chi connectivity index (χ0n) is 17.4. The van der Waals surface area contributed by atoms with Crippen LogP contribution in [0, 0.1) is 0 Å². The third-order valence-electron chi connectivity index (χ3n) is 5.73. The highest BCUT2D eigenvalue weighted by molar-refractivity contribution is 5.82. The van der Waals surface area contributed by atoms with Crippen LogP contribution >= 0.6 is 0 Å². The van der Waals surface area contributed by atoms with E-state index in [-0.39, 0.29) is 11.9 Å². The molecule has 2 aliphatic rings. The largest absolute Gasteiger partial charge is 0.497 e. The van der Waals surface area contributed by atoms with Crippen LogP contribution in [-0.2, 0) is 11.3 Å². The van der Waals surface area contributed by atoms with Gasteiger partial charge < -0.3 is 19.9 Å². The molecular weight excluding hydrogens is 354 g/mol. The number of guanidine groups is 1. The Hall–Kier alpha value is -2.28. The summed E-state index contributed by atoms with van der Waals surface area (Å²) in [5.74, 6) is 2.05. The van der Waals surface area contributed by atoms with E-state index in [4.69, 9.17) is 4.74 Å². The van der Waals surface area contributed by atoms with Crippen LogP contribution in [0.3, 0.4) is 0 Å². The van der Waals surface area contributed by atoms with Gasteiger partial charge in [0, 0.05) is 52.9 Å². The number of hydrogen-bond acceptors (Lipinski definition) is 4. The normalized spacial score (nSPS) is 19.6. The van der Waals surface area contributed by atoms with Crippen molar-refractivity contribution in [1.82, 2.24) is 20.0 Å². The fourth-order valence-corrected chi connectivity index (χ4v) is 3.97. The maximum absolute atomic E-state index is 12.7. The van der Waals surface area contributed by atoms with Gasteiger partial charge in [-0.3, -0.25) is 14.7 Å². The lowest BCUT2D eigenvalue weighted by molar-refractivity contribution is -0.135. The molecule has 0 radical (unpaired) electrons. The number of aliphatic imine (C=N–C) groups is 1. The quantitative estimate of drug-likeness (QED) is 0.611. The molecule has 7 nitrogen and oxygen atoms in total. The van der Waals surface area contributed by atoms with Crippen molar-refractivity contribution in [2.45, 2.75) is 32.4 Å². The van der Waals surface area contributed by atoms with Crippen molar-refractivity contribution in [3.63, 3.8) is 0 Å². The molecule has 1 aromatic rings. The molecule has 0 aliphatic carbocycles. The second-order valence-electron chi connectivity index (χ2n) is 7.48. The lowest BCUT2D eigenvalue weighted by Crippen LogP contribution is -2.57. The van der Waals surface area contributed by atoms with E-state index in [2.05, 4.69) is 26.2 Å². The van der Waals surface area contributed by atoms with Gasteiger partial charge in [-0.25, -0.2) is 0 Å². The van der Waals surface area contributed by atoms with Gasteiger partial charge in [-0.2, -0.15) is 0 Å². The van der Waals surface area contributed by atoms with E-state index in [0.29, 0.717) is 6.54 Å². The zero-order valence-corrected chi connectivity index (χ0v) is 17.4. The van der Waals surface area contributed by atoms with E-state index >= 15 is 0 Å². The highest BCUT2D eigenvalue weighted by Crippen LogP contribution is 2.15. The third kappa shape index (κ3) is 4.95. The van der Waals surface area contributed by atoms with Crippen molar-refractivity contribution < 1.29 is 9.53 Å². The monoisotopic (exact) mass is 387 g/mol. The van der Waals surface area contributed by atoms with Crippen molar-refractivity contribution >= 4 is 11.9 Å². The number of hydrogen-bond donors (Lipinski definition) is 1. The van der Waals surface area contributed by atoms with E-state index in [1.807, 2.05) is 37.1 Å². The number of rotatable bonds is 5. The number of amides is 1. The first-order valence-electron chi connectivity index (χ1n) is 10.2. The molecule has 0 saturated carbocycles. The van der Waals surface area contributed by atoms with Gasteiger partial charge in [0.2, 0.25) is 5.91 Å². The van der Waals surface area contributed by atoms with E-state index < -0.39 is 0 Å². The van der Waals surface area contributed by atoms with Crippen LogP contribution in [0.15, 0.2) is 29.3 Å². The van der Waals surface area contributed by atoms with Gasteiger partial charge >= 0.3 is 0 Å². The molecule has 3 rings (SSSR count). The average Bonchev–Trinajstić information content (AvgIpc) is 3.28. The lowest BCUT2D eigenvalue weighted by atomic mass is 10.2. The molecule has 1 aromatic carbocycles. The highest BCUT2D eigenvalue weighted by atomic mass is 16.5. The summed E-state index contributed by atoms with van der Waals surface area (Å²) in [5.41, 5.74) is 1.16. The maximum Gasteiger partial charge on any atom is 0.239 e. The minimum atomic E-state index is -0.0352. The number of carbonyl (C=O) groups is 1. The molecule has 7 heteroatoms. The molecule has 28 heavy (non-hydrogen) atoms.